The second kappa shape index (κ2) is 7.34. The normalized spacial score (nSPS) is 10.2. The number of anilines is 1. The van der Waals surface area contributed by atoms with Gasteiger partial charge in [0.2, 0.25) is 5.91 Å². The second-order valence-corrected chi connectivity index (χ2v) is 3.75. The lowest BCUT2D eigenvalue weighted by atomic mass is 10.1. The molecule has 0 saturated heterocycles. The summed E-state index contributed by atoms with van der Waals surface area (Å²) in [6, 6.07) is 3.72. The Kier molecular flexibility index (Phi) is 5.77. The van der Waals surface area contributed by atoms with E-state index in [1.807, 2.05) is 0 Å². The molecule has 7 heteroatoms. The first-order valence-electron chi connectivity index (χ1n) is 5.60. The van der Waals surface area contributed by atoms with Gasteiger partial charge in [-0.3, -0.25) is 4.79 Å². The second-order valence-electron chi connectivity index (χ2n) is 3.75. The number of benzene rings is 1. The summed E-state index contributed by atoms with van der Waals surface area (Å²) >= 11 is 0. The molecule has 0 saturated carbocycles. The molecule has 0 fully saturated rings. The maximum absolute atomic E-state index is 11.6. The van der Waals surface area contributed by atoms with Gasteiger partial charge in [0.25, 0.3) is 0 Å². The van der Waals surface area contributed by atoms with Crippen molar-refractivity contribution in [1.29, 1.82) is 0 Å². The zero-order chi connectivity index (χ0) is 14.3. The third kappa shape index (κ3) is 4.94. The number of nitrogens with one attached hydrogen (secondary N) is 2. The number of hydrogen-bond donors (Lipinski definition) is 4. The highest BCUT2D eigenvalue weighted by Crippen LogP contribution is 2.21. The third-order valence-corrected chi connectivity index (χ3v) is 2.28. The Morgan fingerprint density at radius 3 is 2.74 bits per heavy atom. The molecule has 7 nitrogen and oxygen atoms in total. The molecule has 4 N–H and O–H groups in total. The Labute approximate surface area is 110 Å². The van der Waals surface area contributed by atoms with E-state index in [9.17, 15) is 14.7 Å². The predicted octanol–water partition coefficient (Wildman–Crippen LogP) is 0.265. The number of methoxy groups -OCH3 is 1. The minimum Gasteiger partial charge on any atom is -0.508 e. The number of aromatic hydroxyl groups is 1. The Bertz CT molecular complexity index is 461. The average molecular weight is 268 g/mol. The van der Waals surface area contributed by atoms with E-state index < -0.39 is 5.97 Å². The largest absolute Gasteiger partial charge is 0.508 e. The fourth-order valence-electron chi connectivity index (χ4n) is 1.39. The molecule has 19 heavy (non-hydrogen) atoms. The molecule has 1 aromatic rings. The molecule has 0 heterocycles. The number of phenols is 1. The van der Waals surface area contributed by atoms with Crippen LogP contribution in [0.4, 0.5) is 5.69 Å². The topological polar surface area (TPSA) is 108 Å². The molecule has 0 aliphatic heterocycles. The summed E-state index contributed by atoms with van der Waals surface area (Å²) in [5.41, 5.74) is -0.0194. The van der Waals surface area contributed by atoms with E-state index in [2.05, 4.69) is 10.6 Å². The fourth-order valence-corrected chi connectivity index (χ4v) is 1.39. The lowest BCUT2D eigenvalue weighted by molar-refractivity contribution is -0.115. The summed E-state index contributed by atoms with van der Waals surface area (Å²) in [6.07, 6.45) is 0. The van der Waals surface area contributed by atoms with E-state index in [1.165, 1.54) is 12.1 Å². The molecule has 0 aliphatic rings. The van der Waals surface area contributed by atoms with Crippen molar-refractivity contribution in [2.75, 3.05) is 32.1 Å². The highest BCUT2D eigenvalue weighted by Gasteiger charge is 2.13. The number of carbonyl (C=O) groups is 2. The molecule has 0 bridgehead atoms. The number of carbonyl (C=O) groups excluding carboxylic acids is 1. The molecule has 1 rings (SSSR count). The summed E-state index contributed by atoms with van der Waals surface area (Å²) in [6.45, 7) is 1.04. The van der Waals surface area contributed by atoms with E-state index in [0.29, 0.717) is 13.2 Å². The first-order chi connectivity index (χ1) is 9.04. The highest BCUT2D eigenvalue weighted by molar-refractivity contribution is 6.01. The van der Waals surface area contributed by atoms with Crippen LogP contribution in [0.1, 0.15) is 10.4 Å². The van der Waals surface area contributed by atoms with Gasteiger partial charge in [-0.25, -0.2) is 4.79 Å². The van der Waals surface area contributed by atoms with Gasteiger partial charge in [-0.05, 0) is 18.2 Å². The smallest absolute Gasteiger partial charge is 0.337 e. The van der Waals surface area contributed by atoms with Gasteiger partial charge in [-0.1, -0.05) is 0 Å². The van der Waals surface area contributed by atoms with Gasteiger partial charge >= 0.3 is 5.97 Å². The molecule has 1 aromatic carbocycles. The van der Waals surface area contributed by atoms with Crippen molar-refractivity contribution >= 4 is 17.6 Å². The maximum atomic E-state index is 11.6. The lowest BCUT2D eigenvalue weighted by Crippen LogP contribution is -2.30. The van der Waals surface area contributed by atoms with Crippen LogP contribution in [-0.2, 0) is 9.53 Å². The van der Waals surface area contributed by atoms with Crippen molar-refractivity contribution in [2.24, 2.45) is 0 Å². The van der Waals surface area contributed by atoms with E-state index in [4.69, 9.17) is 9.84 Å². The van der Waals surface area contributed by atoms with Crippen molar-refractivity contribution < 1.29 is 24.5 Å². The fraction of sp³-hybridized carbons (Fsp3) is 0.333. The minimum absolute atomic E-state index is 0.0449. The molecular formula is C12H16N2O5. The quantitative estimate of drug-likeness (QED) is 0.417. The van der Waals surface area contributed by atoms with Crippen LogP contribution < -0.4 is 10.6 Å². The van der Waals surface area contributed by atoms with Crippen molar-refractivity contribution in [3.63, 3.8) is 0 Å². The molecular weight excluding hydrogens is 252 g/mol. The monoisotopic (exact) mass is 268 g/mol. The number of phenolic OH excluding ortho intramolecular Hbond substituents is 1. The van der Waals surface area contributed by atoms with Crippen molar-refractivity contribution in [1.82, 2.24) is 5.32 Å². The van der Waals surface area contributed by atoms with Gasteiger partial charge in [-0.2, -0.15) is 0 Å². The summed E-state index contributed by atoms with van der Waals surface area (Å²) in [5.74, 6) is -1.77. The van der Waals surface area contributed by atoms with Crippen LogP contribution in [-0.4, -0.2) is 48.9 Å². The van der Waals surface area contributed by atoms with Gasteiger partial charge in [-0.15, -0.1) is 0 Å². The first-order valence-corrected chi connectivity index (χ1v) is 5.60. The SMILES string of the molecule is COCCNCC(=O)Nc1ccc(O)cc1C(=O)O. The van der Waals surface area contributed by atoms with E-state index in [-0.39, 0.29) is 29.5 Å². The number of carboxylic acid groups (broad SMARTS) is 1. The van der Waals surface area contributed by atoms with E-state index in [0.717, 1.165) is 6.07 Å². The Morgan fingerprint density at radius 1 is 1.37 bits per heavy atom. The van der Waals surface area contributed by atoms with E-state index in [1.54, 1.807) is 7.11 Å². The van der Waals surface area contributed by atoms with Crippen LogP contribution in [0.15, 0.2) is 18.2 Å². The van der Waals surface area contributed by atoms with Crippen molar-refractivity contribution in [3.8, 4) is 5.75 Å². The lowest BCUT2D eigenvalue weighted by Gasteiger charge is -2.09. The van der Waals surface area contributed by atoms with E-state index >= 15 is 0 Å². The van der Waals surface area contributed by atoms with Gasteiger partial charge in [0, 0.05) is 13.7 Å². The summed E-state index contributed by atoms with van der Waals surface area (Å²) < 4.78 is 4.81. The zero-order valence-corrected chi connectivity index (χ0v) is 10.5. The van der Waals surface area contributed by atoms with Crippen molar-refractivity contribution in [3.05, 3.63) is 23.8 Å². The molecule has 0 aromatic heterocycles. The number of aromatic carboxylic acids is 1. The highest BCUT2D eigenvalue weighted by atomic mass is 16.5. The number of amides is 1. The number of ether oxygens (including phenoxy) is 1. The van der Waals surface area contributed by atoms with Crippen LogP contribution in [0.3, 0.4) is 0 Å². The molecule has 0 spiro atoms. The van der Waals surface area contributed by atoms with Gasteiger partial charge in [0.15, 0.2) is 0 Å². The molecule has 0 aliphatic carbocycles. The molecule has 0 unspecified atom stereocenters. The average Bonchev–Trinajstić information content (AvgIpc) is 2.36. The molecule has 0 atom stereocenters. The number of rotatable bonds is 7. The van der Waals surface area contributed by atoms with Crippen LogP contribution in [0, 0.1) is 0 Å². The Morgan fingerprint density at radius 2 is 2.11 bits per heavy atom. The summed E-state index contributed by atoms with van der Waals surface area (Å²) in [4.78, 5) is 22.5. The van der Waals surface area contributed by atoms with Gasteiger partial charge in [0.05, 0.1) is 24.4 Å². The number of carboxylic acids is 1. The standard InChI is InChI=1S/C12H16N2O5/c1-19-5-4-13-7-11(16)14-10-3-2-8(15)6-9(10)12(17)18/h2-3,6,13,15H,4-5,7H2,1H3,(H,14,16)(H,17,18). The molecule has 0 radical (unpaired) electrons. The Hall–Kier alpha value is -2.12. The summed E-state index contributed by atoms with van der Waals surface area (Å²) in [5, 5.41) is 23.5. The zero-order valence-electron chi connectivity index (χ0n) is 10.5. The number of hydrogen-bond acceptors (Lipinski definition) is 5. The van der Waals surface area contributed by atoms with Crippen LogP contribution >= 0.6 is 0 Å². The minimum atomic E-state index is -1.22. The van der Waals surface area contributed by atoms with Crippen LogP contribution in [0.25, 0.3) is 0 Å². The Balaban J connectivity index is 2.61. The molecule has 104 valence electrons. The van der Waals surface area contributed by atoms with Gasteiger partial charge in [0.1, 0.15) is 5.75 Å². The van der Waals surface area contributed by atoms with Crippen molar-refractivity contribution in [2.45, 2.75) is 0 Å². The summed E-state index contributed by atoms with van der Waals surface area (Å²) in [7, 11) is 1.55. The van der Waals surface area contributed by atoms with Crippen LogP contribution in [0.5, 0.6) is 5.75 Å². The van der Waals surface area contributed by atoms with Crippen LogP contribution in [0.2, 0.25) is 0 Å². The maximum Gasteiger partial charge on any atom is 0.337 e. The third-order valence-electron chi connectivity index (χ3n) is 2.28. The predicted molar refractivity (Wildman–Crippen MR) is 68.4 cm³/mol. The first kappa shape index (κ1) is 14.9. The van der Waals surface area contributed by atoms with Gasteiger partial charge < -0.3 is 25.6 Å². The molecule has 1 amide bonds.